The van der Waals surface area contributed by atoms with Crippen LogP contribution in [0.2, 0.25) is 5.15 Å². The monoisotopic (exact) mass is 450 g/mol. The quantitative estimate of drug-likeness (QED) is 0.569. The van der Waals surface area contributed by atoms with Crippen LogP contribution in [0.3, 0.4) is 0 Å². The first-order chi connectivity index (χ1) is 15.6. The van der Waals surface area contributed by atoms with Crippen LogP contribution in [0.5, 0.6) is 5.75 Å². The number of anilines is 1. The molecule has 2 aromatic heterocycles. The third-order valence-electron chi connectivity index (χ3n) is 5.89. The fourth-order valence-electron chi connectivity index (χ4n) is 4.27. The van der Waals surface area contributed by atoms with Crippen molar-refractivity contribution in [1.29, 1.82) is 0 Å². The van der Waals surface area contributed by atoms with E-state index >= 15 is 0 Å². The van der Waals surface area contributed by atoms with Crippen LogP contribution in [0.4, 0.5) is 5.69 Å². The van der Waals surface area contributed by atoms with Gasteiger partial charge in [-0.25, -0.2) is 4.98 Å². The van der Waals surface area contributed by atoms with Gasteiger partial charge in [-0.05, 0) is 49.6 Å². The van der Waals surface area contributed by atoms with E-state index in [9.17, 15) is 9.59 Å². The van der Waals surface area contributed by atoms with Crippen LogP contribution in [0.15, 0.2) is 54.7 Å². The molecule has 0 saturated carbocycles. The predicted molar refractivity (Wildman–Crippen MR) is 123 cm³/mol. The van der Waals surface area contributed by atoms with Gasteiger partial charge in [-0.1, -0.05) is 29.8 Å². The van der Waals surface area contributed by atoms with Gasteiger partial charge in [0, 0.05) is 25.4 Å². The first kappa shape index (κ1) is 20.6. The van der Waals surface area contributed by atoms with Crippen molar-refractivity contribution in [3.05, 3.63) is 65.6 Å². The number of para-hydroxylation sites is 2. The van der Waals surface area contributed by atoms with E-state index in [1.807, 2.05) is 51.9 Å². The Hall–Kier alpha value is -3.32. The molecule has 32 heavy (non-hydrogen) atoms. The van der Waals surface area contributed by atoms with Gasteiger partial charge in [-0.15, -0.1) is 0 Å². The minimum Gasteiger partial charge on any atom is -0.476 e. The number of carbonyl (C=O) groups excluding carboxylic acids is 2. The number of likely N-dealkylation sites (tertiary alicyclic amines) is 1. The predicted octanol–water partition coefficient (Wildman–Crippen LogP) is 3.81. The molecule has 164 valence electrons. The van der Waals surface area contributed by atoms with Gasteiger partial charge in [0.25, 0.3) is 11.8 Å². The normalized spacial score (nSPS) is 18.6. The zero-order chi connectivity index (χ0) is 22.1. The van der Waals surface area contributed by atoms with Crippen molar-refractivity contribution < 1.29 is 14.3 Å². The number of hydrogen-bond acceptors (Lipinski definition) is 4. The van der Waals surface area contributed by atoms with E-state index in [2.05, 4.69) is 4.98 Å². The Morgan fingerprint density at radius 1 is 1.06 bits per heavy atom. The van der Waals surface area contributed by atoms with Crippen molar-refractivity contribution in [3.8, 4) is 5.75 Å². The number of benzene rings is 1. The summed E-state index contributed by atoms with van der Waals surface area (Å²) in [6.07, 6.45) is 7.38. The zero-order valence-electron chi connectivity index (χ0n) is 17.5. The summed E-state index contributed by atoms with van der Waals surface area (Å²) >= 11 is 6.29. The molecule has 2 amide bonds. The van der Waals surface area contributed by atoms with Crippen molar-refractivity contribution in [3.63, 3.8) is 0 Å². The average Bonchev–Trinajstić information content (AvgIpc) is 3.16. The fraction of sp³-hybridized carbons (Fsp3) is 0.292. The van der Waals surface area contributed by atoms with E-state index in [0.717, 1.165) is 32.4 Å². The average molecular weight is 451 g/mol. The summed E-state index contributed by atoms with van der Waals surface area (Å²) < 4.78 is 7.83. The molecular weight excluding hydrogens is 428 g/mol. The number of ether oxygens (including phenoxy) is 1. The molecular formula is C24H23ClN4O3. The lowest BCUT2D eigenvalue weighted by atomic mass is 10.1. The maximum Gasteiger partial charge on any atom is 0.265 e. The number of rotatable bonds is 3. The molecule has 1 aromatic carbocycles. The molecule has 2 aliphatic heterocycles. The molecule has 3 aromatic rings. The molecule has 1 fully saturated rings. The van der Waals surface area contributed by atoms with Gasteiger partial charge < -0.3 is 14.5 Å². The van der Waals surface area contributed by atoms with Crippen LogP contribution in [0, 0.1) is 0 Å². The van der Waals surface area contributed by atoms with Gasteiger partial charge in [0.15, 0.2) is 11.3 Å². The summed E-state index contributed by atoms with van der Waals surface area (Å²) in [6.45, 7) is 1.64. The standard InChI is InChI=1S/C24H23ClN4O3/c25-23-18(28-15-7-4-10-21(28)26-23)11-12-22(30)29-16-20(24(31)27-13-5-1-6-14-27)32-19-9-3-2-8-17(19)29/h2-4,7-12,15,20H,1,5-6,13-14,16H2/b12-11+. The van der Waals surface area contributed by atoms with Gasteiger partial charge >= 0.3 is 0 Å². The Morgan fingerprint density at radius 2 is 1.84 bits per heavy atom. The van der Waals surface area contributed by atoms with E-state index in [4.69, 9.17) is 16.3 Å². The highest BCUT2D eigenvalue weighted by molar-refractivity contribution is 6.31. The fourth-order valence-corrected chi connectivity index (χ4v) is 4.51. The summed E-state index contributed by atoms with van der Waals surface area (Å²) in [4.78, 5) is 34.1. The number of hydrogen-bond donors (Lipinski definition) is 0. The smallest absolute Gasteiger partial charge is 0.265 e. The Bertz CT molecular complexity index is 1200. The van der Waals surface area contributed by atoms with Crippen LogP contribution in [0.25, 0.3) is 11.7 Å². The topological polar surface area (TPSA) is 67.2 Å². The van der Waals surface area contributed by atoms with Crippen molar-refractivity contribution in [2.45, 2.75) is 25.4 Å². The summed E-state index contributed by atoms with van der Waals surface area (Å²) in [6, 6.07) is 12.9. The summed E-state index contributed by atoms with van der Waals surface area (Å²) in [7, 11) is 0. The van der Waals surface area contributed by atoms with Crippen LogP contribution >= 0.6 is 11.6 Å². The highest BCUT2D eigenvalue weighted by Crippen LogP contribution is 2.34. The maximum absolute atomic E-state index is 13.2. The molecule has 5 rings (SSSR count). The molecule has 4 heterocycles. The molecule has 0 spiro atoms. The Morgan fingerprint density at radius 3 is 2.69 bits per heavy atom. The molecule has 2 aliphatic rings. The lowest BCUT2D eigenvalue weighted by molar-refractivity contribution is -0.139. The molecule has 1 atom stereocenters. The summed E-state index contributed by atoms with van der Waals surface area (Å²) in [5.41, 5.74) is 1.97. The minimum absolute atomic E-state index is 0.0641. The largest absolute Gasteiger partial charge is 0.476 e. The Kier molecular flexibility index (Phi) is 5.57. The van der Waals surface area contributed by atoms with E-state index in [1.165, 1.54) is 6.08 Å². The number of amides is 2. The van der Waals surface area contributed by atoms with Crippen LogP contribution in [-0.2, 0) is 9.59 Å². The van der Waals surface area contributed by atoms with Gasteiger partial charge in [-0.3, -0.25) is 14.0 Å². The molecule has 8 heteroatoms. The highest BCUT2D eigenvalue weighted by atomic mass is 35.5. The molecule has 0 bridgehead atoms. The molecule has 0 aliphatic carbocycles. The van der Waals surface area contributed by atoms with Gasteiger partial charge in [0.2, 0.25) is 0 Å². The van der Waals surface area contributed by atoms with Crippen LogP contribution in [0.1, 0.15) is 25.0 Å². The zero-order valence-corrected chi connectivity index (χ0v) is 18.2. The van der Waals surface area contributed by atoms with Gasteiger partial charge in [0.1, 0.15) is 11.4 Å². The number of halogens is 1. The second-order valence-corrected chi connectivity index (χ2v) is 8.32. The lowest BCUT2D eigenvalue weighted by Gasteiger charge is -2.37. The third-order valence-corrected chi connectivity index (χ3v) is 6.17. The van der Waals surface area contributed by atoms with E-state index in [-0.39, 0.29) is 18.4 Å². The number of imidazole rings is 1. The first-order valence-corrected chi connectivity index (χ1v) is 11.2. The number of piperidine rings is 1. The van der Waals surface area contributed by atoms with E-state index in [0.29, 0.717) is 27.9 Å². The Balaban J connectivity index is 1.42. The van der Waals surface area contributed by atoms with Gasteiger partial charge in [0.05, 0.1) is 17.9 Å². The van der Waals surface area contributed by atoms with Crippen molar-refractivity contribution in [2.75, 3.05) is 24.5 Å². The minimum atomic E-state index is -0.722. The number of nitrogens with zero attached hydrogens (tertiary/aromatic N) is 4. The number of carbonyl (C=O) groups is 2. The van der Waals surface area contributed by atoms with Crippen molar-refractivity contribution in [1.82, 2.24) is 14.3 Å². The molecule has 0 N–H and O–H groups in total. The lowest BCUT2D eigenvalue weighted by Crippen LogP contribution is -2.52. The number of aromatic nitrogens is 2. The van der Waals surface area contributed by atoms with Gasteiger partial charge in [-0.2, -0.15) is 0 Å². The third kappa shape index (κ3) is 3.84. The Labute approximate surface area is 190 Å². The van der Waals surface area contributed by atoms with E-state index < -0.39 is 6.10 Å². The SMILES string of the molecule is O=C(C1CN(C(=O)/C=C/c2c(Cl)nc3ccccn23)c2ccccc2O1)N1CCCCC1. The van der Waals surface area contributed by atoms with Crippen molar-refractivity contribution >= 4 is 40.8 Å². The highest BCUT2D eigenvalue weighted by Gasteiger charge is 2.35. The van der Waals surface area contributed by atoms with E-state index in [1.54, 1.807) is 17.0 Å². The second kappa shape index (κ2) is 8.67. The molecule has 1 unspecified atom stereocenters. The van der Waals surface area contributed by atoms with Crippen LogP contribution < -0.4 is 9.64 Å². The molecule has 1 saturated heterocycles. The number of pyridine rings is 1. The number of fused-ring (bicyclic) bond motifs is 2. The second-order valence-electron chi connectivity index (χ2n) is 7.96. The molecule has 0 radical (unpaired) electrons. The molecule has 7 nitrogen and oxygen atoms in total. The maximum atomic E-state index is 13.2. The van der Waals surface area contributed by atoms with Crippen LogP contribution in [-0.4, -0.2) is 51.8 Å². The first-order valence-electron chi connectivity index (χ1n) is 10.8. The van der Waals surface area contributed by atoms with Crippen molar-refractivity contribution in [2.24, 2.45) is 0 Å². The summed E-state index contributed by atoms with van der Waals surface area (Å²) in [5.74, 6) is 0.216. The summed E-state index contributed by atoms with van der Waals surface area (Å²) in [5, 5.41) is 0.320.